The molecule has 100 valence electrons. The van der Waals surface area contributed by atoms with Crippen LogP contribution in [-0.2, 0) is 13.0 Å². The average Bonchev–Trinajstić information content (AvgIpc) is 2.74. The molecule has 0 fully saturated rings. The maximum Gasteiger partial charge on any atom is 0.0522 e. The second kappa shape index (κ2) is 4.62. The van der Waals surface area contributed by atoms with Gasteiger partial charge in [0, 0.05) is 26.8 Å². The molecule has 1 aromatic heterocycles. The summed E-state index contributed by atoms with van der Waals surface area (Å²) in [5.41, 5.74) is 7.15. The van der Waals surface area contributed by atoms with Gasteiger partial charge >= 0.3 is 0 Å². The average molecular weight is 373 g/mol. The van der Waals surface area contributed by atoms with Crippen LogP contribution in [0.1, 0.15) is 17.7 Å². The van der Waals surface area contributed by atoms with Gasteiger partial charge in [0.05, 0.1) is 5.52 Å². The van der Waals surface area contributed by atoms with Crippen LogP contribution in [0.15, 0.2) is 42.5 Å². The minimum atomic E-state index is 1.16. The Labute approximate surface area is 132 Å². The molecule has 2 heterocycles. The van der Waals surface area contributed by atoms with Gasteiger partial charge in [-0.3, -0.25) is 0 Å². The molecule has 0 N–H and O–H groups in total. The van der Waals surface area contributed by atoms with E-state index < -0.39 is 0 Å². The van der Waals surface area contributed by atoms with E-state index in [4.69, 9.17) is 0 Å². The van der Waals surface area contributed by atoms with Crippen molar-refractivity contribution < 1.29 is 0 Å². The SMILES string of the molecule is Cc1c(-c2ccccc2)c2cc(I)cc3c2n1CCC3. The van der Waals surface area contributed by atoms with Crippen LogP contribution in [0.3, 0.4) is 0 Å². The third-order valence-electron chi connectivity index (χ3n) is 4.35. The lowest BCUT2D eigenvalue weighted by Crippen LogP contribution is -2.08. The second-order valence-corrected chi connectivity index (χ2v) is 6.79. The van der Waals surface area contributed by atoms with E-state index in [2.05, 4.69) is 76.5 Å². The van der Waals surface area contributed by atoms with Gasteiger partial charge in [-0.25, -0.2) is 0 Å². The highest BCUT2D eigenvalue weighted by atomic mass is 127. The Balaban J connectivity index is 2.15. The molecule has 0 saturated carbocycles. The van der Waals surface area contributed by atoms with Crippen molar-refractivity contribution in [3.63, 3.8) is 0 Å². The van der Waals surface area contributed by atoms with Crippen LogP contribution in [0.4, 0.5) is 0 Å². The van der Waals surface area contributed by atoms with Gasteiger partial charge in [0.2, 0.25) is 0 Å². The first-order valence-electron chi connectivity index (χ1n) is 7.12. The van der Waals surface area contributed by atoms with Gasteiger partial charge in [-0.2, -0.15) is 0 Å². The van der Waals surface area contributed by atoms with Gasteiger partial charge in [0.15, 0.2) is 0 Å². The summed E-state index contributed by atoms with van der Waals surface area (Å²) >= 11 is 2.45. The monoisotopic (exact) mass is 373 g/mol. The Morgan fingerprint density at radius 2 is 1.90 bits per heavy atom. The summed E-state index contributed by atoms with van der Waals surface area (Å²) in [6.45, 7) is 3.42. The maximum atomic E-state index is 2.52. The summed E-state index contributed by atoms with van der Waals surface area (Å²) in [5.74, 6) is 0. The Hall–Kier alpha value is -1.29. The Morgan fingerprint density at radius 1 is 1.10 bits per heavy atom. The molecular weight excluding hydrogens is 357 g/mol. The molecule has 0 unspecified atom stereocenters. The number of nitrogens with zero attached hydrogens (tertiary/aromatic N) is 1. The lowest BCUT2D eigenvalue weighted by atomic mass is 9.99. The summed E-state index contributed by atoms with van der Waals surface area (Å²) in [5, 5.41) is 1.43. The molecule has 0 amide bonds. The van der Waals surface area contributed by atoms with Crippen LogP contribution < -0.4 is 0 Å². The summed E-state index contributed by atoms with van der Waals surface area (Å²) in [7, 11) is 0. The van der Waals surface area contributed by atoms with Gasteiger partial charge in [-0.1, -0.05) is 30.3 Å². The van der Waals surface area contributed by atoms with Gasteiger partial charge in [0.25, 0.3) is 0 Å². The van der Waals surface area contributed by atoms with Crippen LogP contribution in [0.5, 0.6) is 0 Å². The smallest absolute Gasteiger partial charge is 0.0522 e. The van der Waals surface area contributed by atoms with Gasteiger partial charge in [-0.15, -0.1) is 0 Å². The highest BCUT2D eigenvalue weighted by molar-refractivity contribution is 14.1. The van der Waals surface area contributed by atoms with Gasteiger partial charge in [0.1, 0.15) is 0 Å². The van der Waals surface area contributed by atoms with E-state index in [0.717, 1.165) is 6.54 Å². The van der Waals surface area contributed by atoms with E-state index in [1.54, 1.807) is 0 Å². The lowest BCUT2D eigenvalue weighted by Gasteiger charge is -2.17. The highest BCUT2D eigenvalue weighted by Crippen LogP contribution is 2.39. The molecule has 0 spiro atoms. The van der Waals surface area contributed by atoms with Crippen LogP contribution in [0.2, 0.25) is 0 Å². The first-order chi connectivity index (χ1) is 9.75. The zero-order chi connectivity index (χ0) is 13.7. The minimum Gasteiger partial charge on any atom is -0.344 e. The van der Waals surface area contributed by atoms with E-state index >= 15 is 0 Å². The quantitative estimate of drug-likeness (QED) is 0.519. The van der Waals surface area contributed by atoms with Crippen molar-refractivity contribution in [2.75, 3.05) is 0 Å². The Kier molecular flexibility index (Phi) is 2.88. The zero-order valence-corrected chi connectivity index (χ0v) is 13.6. The fourth-order valence-electron chi connectivity index (χ4n) is 3.53. The number of aryl methyl sites for hydroxylation is 2. The van der Waals surface area contributed by atoms with Crippen LogP contribution in [-0.4, -0.2) is 4.57 Å². The van der Waals surface area contributed by atoms with Gasteiger partial charge < -0.3 is 4.57 Å². The fourth-order valence-corrected chi connectivity index (χ4v) is 4.22. The van der Waals surface area contributed by atoms with Crippen LogP contribution in [0, 0.1) is 10.5 Å². The molecule has 20 heavy (non-hydrogen) atoms. The third kappa shape index (κ3) is 1.74. The molecule has 2 aromatic carbocycles. The maximum absolute atomic E-state index is 2.52. The standard InChI is InChI=1S/C18H16IN/c1-12-17(13-6-3-2-4-7-13)16-11-15(19)10-14-8-5-9-20(12)18(14)16/h2-4,6-7,10-11H,5,8-9H2,1H3. The molecule has 0 saturated heterocycles. The molecule has 0 bridgehead atoms. The molecule has 2 heteroatoms. The first kappa shape index (κ1) is 12.5. The highest BCUT2D eigenvalue weighted by Gasteiger charge is 2.21. The molecule has 1 aliphatic rings. The fraction of sp³-hybridized carbons (Fsp3) is 0.222. The summed E-state index contributed by atoms with van der Waals surface area (Å²) in [4.78, 5) is 0. The number of halogens is 1. The van der Waals surface area contributed by atoms with Gasteiger partial charge in [-0.05, 0) is 65.6 Å². The van der Waals surface area contributed by atoms with Crippen molar-refractivity contribution in [1.82, 2.24) is 4.57 Å². The first-order valence-corrected chi connectivity index (χ1v) is 8.20. The van der Waals surface area contributed by atoms with Crippen molar-refractivity contribution in [1.29, 1.82) is 0 Å². The Bertz CT molecular complexity index is 799. The molecule has 1 nitrogen and oxygen atoms in total. The van der Waals surface area contributed by atoms with Crippen LogP contribution in [0.25, 0.3) is 22.0 Å². The van der Waals surface area contributed by atoms with E-state index in [1.165, 1.54) is 49.7 Å². The predicted octanol–water partition coefficient (Wildman–Crippen LogP) is 5.17. The van der Waals surface area contributed by atoms with E-state index in [9.17, 15) is 0 Å². The molecule has 3 aromatic rings. The van der Waals surface area contributed by atoms with Crippen LogP contribution >= 0.6 is 22.6 Å². The normalized spacial score (nSPS) is 13.9. The van der Waals surface area contributed by atoms with Crippen molar-refractivity contribution in [2.24, 2.45) is 0 Å². The third-order valence-corrected chi connectivity index (χ3v) is 4.97. The number of rotatable bonds is 1. The van der Waals surface area contributed by atoms with Crippen molar-refractivity contribution >= 4 is 33.5 Å². The molecular formula is C18H16IN. The molecule has 1 aliphatic heterocycles. The largest absolute Gasteiger partial charge is 0.344 e. The van der Waals surface area contributed by atoms with Crippen molar-refractivity contribution in [2.45, 2.75) is 26.3 Å². The zero-order valence-electron chi connectivity index (χ0n) is 11.5. The predicted molar refractivity (Wildman–Crippen MR) is 93.1 cm³/mol. The second-order valence-electron chi connectivity index (χ2n) is 5.54. The van der Waals surface area contributed by atoms with E-state index in [0.29, 0.717) is 0 Å². The Morgan fingerprint density at radius 3 is 2.70 bits per heavy atom. The van der Waals surface area contributed by atoms with Crippen molar-refractivity contribution in [3.8, 4) is 11.1 Å². The molecule has 0 atom stereocenters. The summed E-state index contributed by atoms with van der Waals surface area (Å²) in [6.07, 6.45) is 2.47. The number of hydrogen-bond donors (Lipinski definition) is 0. The number of hydrogen-bond acceptors (Lipinski definition) is 0. The summed E-state index contributed by atoms with van der Waals surface area (Å²) < 4.78 is 3.87. The minimum absolute atomic E-state index is 1.16. The molecule has 4 rings (SSSR count). The lowest BCUT2D eigenvalue weighted by molar-refractivity contribution is 0.623. The number of aromatic nitrogens is 1. The van der Waals surface area contributed by atoms with E-state index in [-0.39, 0.29) is 0 Å². The topological polar surface area (TPSA) is 4.93 Å². The van der Waals surface area contributed by atoms with Crippen molar-refractivity contribution in [3.05, 3.63) is 57.3 Å². The molecule has 0 aliphatic carbocycles. The summed E-state index contributed by atoms with van der Waals surface area (Å²) in [6, 6.07) is 15.5. The van der Waals surface area contributed by atoms with E-state index in [1.807, 2.05) is 0 Å². The number of benzene rings is 2. The molecule has 0 radical (unpaired) electrons.